The molecule has 53 heavy (non-hydrogen) atoms. The fraction of sp³-hybridized carbons (Fsp3) is 0. The van der Waals surface area contributed by atoms with E-state index in [1.807, 2.05) is 24.5 Å². The molecular formula is C49H30N2O2. The van der Waals surface area contributed by atoms with E-state index in [9.17, 15) is 0 Å². The Bertz CT molecular complexity index is 3000. The third-order valence-electron chi connectivity index (χ3n) is 10.5. The Morgan fingerprint density at radius 3 is 1.17 bits per heavy atom. The van der Waals surface area contributed by atoms with Crippen LogP contribution in [0.1, 0.15) is 0 Å². The van der Waals surface area contributed by atoms with Crippen LogP contribution in [-0.4, -0.2) is 4.98 Å². The van der Waals surface area contributed by atoms with Crippen molar-refractivity contribution >= 4 is 82.5 Å². The molecule has 0 atom stereocenters. The van der Waals surface area contributed by atoms with Crippen LogP contribution in [0.15, 0.2) is 191 Å². The quantitative estimate of drug-likeness (QED) is 0.182. The smallest absolute Gasteiger partial charge is 0.137 e. The summed E-state index contributed by atoms with van der Waals surface area (Å²) in [4.78, 5) is 6.44. The molecule has 4 heteroatoms. The lowest BCUT2D eigenvalue weighted by atomic mass is 10.0. The molecule has 0 unspecified atom stereocenters. The Morgan fingerprint density at radius 1 is 0.321 bits per heavy atom. The first-order valence-corrected chi connectivity index (χ1v) is 17.8. The lowest BCUT2D eigenvalue weighted by Gasteiger charge is -2.25. The van der Waals surface area contributed by atoms with Gasteiger partial charge in [0, 0.05) is 63.1 Å². The molecule has 0 saturated carbocycles. The first-order chi connectivity index (χ1) is 26.2. The van der Waals surface area contributed by atoms with Gasteiger partial charge in [-0.05, 0) is 117 Å². The Kier molecular flexibility index (Phi) is 6.52. The van der Waals surface area contributed by atoms with Crippen LogP contribution in [0, 0.1) is 0 Å². The standard InChI is InChI=1S/C49H30N2O2/c1-3-7-37-27-46-44(25-35(37)5-1)42-19-17-40(29-48(42)52-46)51(39-15-13-33(14-16-39)31-9-11-32(12-10-31)34-21-23-50-24-22-34)41-18-20-43-45-26-36-6-2-4-8-38(36)28-47(45)53-49(43)30-41/h1-30H. The molecule has 0 fully saturated rings. The van der Waals surface area contributed by atoms with E-state index in [4.69, 9.17) is 8.83 Å². The zero-order valence-electron chi connectivity index (χ0n) is 28.5. The minimum absolute atomic E-state index is 0.847. The molecule has 3 heterocycles. The second kappa shape index (κ2) is 11.7. The number of anilines is 3. The van der Waals surface area contributed by atoms with E-state index in [0.717, 1.165) is 77.6 Å². The van der Waals surface area contributed by atoms with Crippen molar-refractivity contribution in [2.75, 3.05) is 4.90 Å². The summed E-state index contributed by atoms with van der Waals surface area (Å²) in [6.07, 6.45) is 3.66. The third-order valence-corrected chi connectivity index (χ3v) is 10.5. The predicted octanol–water partition coefficient (Wildman–Crippen LogP) is 14.0. The van der Waals surface area contributed by atoms with Gasteiger partial charge < -0.3 is 13.7 Å². The maximum Gasteiger partial charge on any atom is 0.137 e. The van der Waals surface area contributed by atoms with E-state index in [-0.39, 0.29) is 0 Å². The van der Waals surface area contributed by atoms with Crippen LogP contribution in [0.3, 0.4) is 0 Å². The van der Waals surface area contributed by atoms with Crippen LogP contribution in [0.4, 0.5) is 17.1 Å². The van der Waals surface area contributed by atoms with Gasteiger partial charge in [-0.2, -0.15) is 0 Å². The molecule has 0 aliphatic carbocycles. The van der Waals surface area contributed by atoms with Gasteiger partial charge >= 0.3 is 0 Å². The van der Waals surface area contributed by atoms with E-state index in [1.54, 1.807) is 0 Å². The van der Waals surface area contributed by atoms with Crippen LogP contribution in [-0.2, 0) is 0 Å². The number of pyridine rings is 1. The van der Waals surface area contributed by atoms with Crippen molar-refractivity contribution in [2.24, 2.45) is 0 Å². The van der Waals surface area contributed by atoms with Crippen LogP contribution < -0.4 is 4.90 Å². The molecule has 0 bridgehead atoms. The Balaban J connectivity index is 1.04. The summed E-state index contributed by atoms with van der Waals surface area (Å²) in [7, 11) is 0. The molecule has 0 N–H and O–H groups in total. The van der Waals surface area contributed by atoms with Crippen molar-refractivity contribution in [3.8, 4) is 22.3 Å². The van der Waals surface area contributed by atoms with E-state index >= 15 is 0 Å². The molecule has 3 aromatic heterocycles. The largest absolute Gasteiger partial charge is 0.456 e. The molecule has 0 aliphatic rings. The molecule has 0 aliphatic heterocycles. The summed E-state index contributed by atoms with van der Waals surface area (Å²) in [6, 6.07) is 60.2. The Labute approximate surface area is 304 Å². The molecule has 11 rings (SSSR count). The fourth-order valence-corrected chi connectivity index (χ4v) is 7.83. The van der Waals surface area contributed by atoms with E-state index in [1.165, 1.54) is 27.1 Å². The van der Waals surface area contributed by atoms with Gasteiger partial charge in [-0.1, -0.05) is 84.9 Å². The maximum atomic E-state index is 6.54. The molecule has 0 amide bonds. The van der Waals surface area contributed by atoms with Crippen molar-refractivity contribution in [3.63, 3.8) is 0 Å². The molecule has 0 radical (unpaired) electrons. The molecule has 0 saturated heterocycles. The average Bonchev–Trinajstić information content (AvgIpc) is 3.76. The van der Waals surface area contributed by atoms with Crippen molar-refractivity contribution in [1.82, 2.24) is 4.98 Å². The lowest BCUT2D eigenvalue weighted by molar-refractivity contribution is 0.669. The number of aromatic nitrogens is 1. The molecule has 4 nitrogen and oxygen atoms in total. The summed E-state index contributed by atoms with van der Waals surface area (Å²) in [5, 5.41) is 9.17. The highest BCUT2D eigenvalue weighted by Gasteiger charge is 2.18. The van der Waals surface area contributed by atoms with Crippen molar-refractivity contribution in [1.29, 1.82) is 0 Å². The number of furan rings is 2. The van der Waals surface area contributed by atoms with E-state index < -0.39 is 0 Å². The zero-order chi connectivity index (χ0) is 34.9. The van der Waals surface area contributed by atoms with Gasteiger partial charge in [0.1, 0.15) is 22.3 Å². The zero-order valence-corrected chi connectivity index (χ0v) is 28.5. The maximum absolute atomic E-state index is 6.54. The number of hydrogen-bond donors (Lipinski definition) is 0. The van der Waals surface area contributed by atoms with Crippen molar-refractivity contribution in [3.05, 3.63) is 182 Å². The number of nitrogens with zero attached hydrogens (tertiary/aromatic N) is 2. The molecule has 248 valence electrons. The van der Waals surface area contributed by atoms with Crippen LogP contribution in [0.5, 0.6) is 0 Å². The molecule has 8 aromatic carbocycles. The van der Waals surface area contributed by atoms with Gasteiger partial charge in [0.2, 0.25) is 0 Å². The van der Waals surface area contributed by atoms with Gasteiger partial charge in [0.05, 0.1) is 0 Å². The minimum atomic E-state index is 0.847. The van der Waals surface area contributed by atoms with Crippen molar-refractivity contribution in [2.45, 2.75) is 0 Å². The van der Waals surface area contributed by atoms with Gasteiger partial charge in [-0.25, -0.2) is 0 Å². The number of benzene rings is 8. The third kappa shape index (κ3) is 4.95. The summed E-state index contributed by atoms with van der Waals surface area (Å²) < 4.78 is 13.1. The lowest BCUT2D eigenvalue weighted by Crippen LogP contribution is -2.09. The summed E-state index contributed by atoms with van der Waals surface area (Å²) >= 11 is 0. The monoisotopic (exact) mass is 678 g/mol. The van der Waals surface area contributed by atoms with Crippen LogP contribution >= 0.6 is 0 Å². The highest BCUT2D eigenvalue weighted by molar-refractivity contribution is 6.12. The number of fused-ring (bicyclic) bond motifs is 8. The van der Waals surface area contributed by atoms with E-state index in [0.29, 0.717) is 0 Å². The molecule has 11 aromatic rings. The van der Waals surface area contributed by atoms with Gasteiger partial charge in [0.25, 0.3) is 0 Å². The number of rotatable bonds is 5. The second-order valence-electron chi connectivity index (χ2n) is 13.7. The first-order valence-electron chi connectivity index (χ1n) is 17.8. The Morgan fingerprint density at radius 2 is 0.698 bits per heavy atom. The SMILES string of the molecule is c1ccc2cc3c(cc2c1)oc1cc(N(c2ccc(-c4ccc(-c5ccncc5)cc4)cc2)c2ccc4c(c2)oc2cc5ccccc5cc24)ccc13. The Hall–Kier alpha value is -7.17. The van der Waals surface area contributed by atoms with Crippen molar-refractivity contribution < 1.29 is 8.83 Å². The minimum Gasteiger partial charge on any atom is -0.456 e. The van der Waals surface area contributed by atoms with Gasteiger partial charge in [0.15, 0.2) is 0 Å². The highest BCUT2D eigenvalue weighted by atomic mass is 16.3. The van der Waals surface area contributed by atoms with Gasteiger partial charge in [-0.3, -0.25) is 4.98 Å². The van der Waals surface area contributed by atoms with E-state index in [2.05, 4.69) is 168 Å². The van der Waals surface area contributed by atoms with Crippen LogP contribution in [0.2, 0.25) is 0 Å². The summed E-state index contributed by atoms with van der Waals surface area (Å²) in [6.45, 7) is 0. The summed E-state index contributed by atoms with van der Waals surface area (Å²) in [5.41, 5.74) is 11.1. The molecular weight excluding hydrogens is 649 g/mol. The molecule has 0 spiro atoms. The number of hydrogen-bond acceptors (Lipinski definition) is 4. The topological polar surface area (TPSA) is 42.4 Å². The normalized spacial score (nSPS) is 11.8. The first kappa shape index (κ1) is 29.5. The highest BCUT2D eigenvalue weighted by Crippen LogP contribution is 2.42. The average molecular weight is 679 g/mol. The van der Waals surface area contributed by atoms with Crippen LogP contribution in [0.25, 0.3) is 87.7 Å². The van der Waals surface area contributed by atoms with Gasteiger partial charge in [-0.15, -0.1) is 0 Å². The second-order valence-corrected chi connectivity index (χ2v) is 13.7. The predicted molar refractivity (Wildman–Crippen MR) is 219 cm³/mol. The summed E-state index contributed by atoms with van der Waals surface area (Å²) in [5.74, 6) is 0. The fourth-order valence-electron chi connectivity index (χ4n) is 7.83.